The highest BCUT2D eigenvalue weighted by Gasteiger charge is 2.20. The minimum absolute atomic E-state index is 0.353. The van der Waals surface area contributed by atoms with Crippen LogP contribution in [0.3, 0.4) is 0 Å². The zero-order valence-electron chi connectivity index (χ0n) is 20.2. The van der Waals surface area contributed by atoms with Crippen LogP contribution in [0.5, 0.6) is 11.5 Å². The summed E-state index contributed by atoms with van der Waals surface area (Å²) in [5.74, 6) is 1.42. The number of hydrogen-bond donors (Lipinski definition) is 0. The first-order valence-electron chi connectivity index (χ1n) is 11.7. The molecule has 0 atom stereocenters. The molecule has 2 aromatic heterocycles. The number of benzene rings is 3. The van der Waals surface area contributed by atoms with Gasteiger partial charge in [-0.2, -0.15) is 0 Å². The Kier molecular flexibility index (Phi) is 6.21. The van der Waals surface area contributed by atoms with Gasteiger partial charge in [-0.1, -0.05) is 42.5 Å². The number of methoxy groups -OCH3 is 1. The van der Waals surface area contributed by atoms with Crippen LogP contribution in [0.15, 0.2) is 86.4 Å². The smallest absolute Gasteiger partial charge is 0.415 e. The van der Waals surface area contributed by atoms with Crippen LogP contribution in [0.4, 0.5) is 4.79 Å². The highest BCUT2D eigenvalue weighted by atomic mass is 16.6. The molecule has 182 valence electrons. The van der Waals surface area contributed by atoms with Gasteiger partial charge in [0.25, 0.3) is 0 Å². The Labute approximate surface area is 207 Å². The molecule has 7 nitrogen and oxygen atoms in total. The fourth-order valence-electron chi connectivity index (χ4n) is 4.29. The molecule has 3 aromatic carbocycles. The number of amides is 1. The van der Waals surface area contributed by atoms with Crippen molar-refractivity contribution in [3.05, 3.63) is 83.2 Å². The predicted octanol–water partition coefficient (Wildman–Crippen LogP) is 6.72. The lowest BCUT2D eigenvalue weighted by Crippen LogP contribution is -2.33. The van der Waals surface area contributed by atoms with Gasteiger partial charge in [-0.3, -0.25) is 0 Å². The van der Waals surface area contributed by atoms with Crippen LogP contribution in [0, 0.1) is 0 Å². The molecule has 5 rings (SSSR count). The maximum absolute atomic E-state index is 12.9. The number of nitrogens with zero attached hydrogens (tertiary/aromatic N) is 1. The Balaban J connectivity index is 1.74. The van der Waals surface area contributed by atoms with Gasteiger partial charge < -0.3 is 23.2 Å². The summed E-state index contributed by atoms with van der Waals surface area (Å²) in [4.78, 5) is 27.1. The second-order valence-corrected chi connectivity index (χ2v) is 8.22. The van der Waals surface area contributed by atoms with E-state index >= 15 is 0 Å². The van der Waals surface area contributed by atoms with Gasteiger partial charge >= 0.3 is 11.7 Å². The maximum Gasteiger partial charge on any atom is 0.415 e. The number of rotatable bonds is 6. The van der Waals surface area contributed by atoms with E-state index in [2.05, 4.69) is 0 Å². The predicted molar refractivity (Wildman–Crippen MR) is 139 cm³/mol. The topological polar surface area (TPSA) is 82.1 Å². The van der Waals surface area contributed by atoms with E-state index in [1.54, 1.807) is 24.1 Å². The minimum atomic E-state index is -0.517. The normalized spacial score (nSPS) is 11.1. The summed E-state index contributed by atoms with van der Waals surface area (Å²) in [6.07, 6.45) is -0.455. The number of hydrogen-bond acceptors (Lipinski definition) is 6. The van der Waals surface area contributed by atoms with E-state index in [0.29, 0.717) is 58.0 Å². The molecular weight excluding hydrogens is 458 g/mol. The zero-order chi connectivity index (χ0) is 25.2. The van der Waals surface area contributed by atoms with Crippen LogP contribution in [0.25, 0.3) is 44.4 Å². The largest absolute Gasteiger partial charge is 0.493 e. The Morgan fingerprint density at radius 3 is 2.36 bits per heavy atom. The third kappa shape index (κ3) is 4.20. The van der Waals surface area contributed by atoms with Crippen molar-refractivity contribution in [2.75, 3.05) is 20.2 Å². The molecular formula is C29H25NO6. The van der Waals surface area contributed by atoms with Gasteiger partial charge in [-0.25, -0.2) is 9.59 Å². The molecule has 0 radical (unpaired) electrons. The van der Waals surface area contributed by atoms with E-state index in [0.717, 1.165) is 10.9 Å². The standard InChI is InChI=1S/C29H25NO6/c1-4-30(5-2)29(32)36-25-16-21-22(24-14-19-12-9-13-23(33-3)28(19)35-24)17-27(31)34-26(21)15-20(25)18-10-7-6-8-11-18/h6-17H,4-5H2,1-3H3. The summed E-state index contributed by atoms with van der Waals surface area (Å²) in [6.45, 7) is 4.83. The monoisotopic (exact) mass is 483 g/mol. The van der Waals surface area contributed by atoms with Gasteiger partial charge in [0, 0.05) is 41.1 Å². The summed E-state index contributed by atoms with van der Waals surface area (Å²) in [5.41, 5.74) is 2.39. The Hall–Kier alpha value is -4.52. The molecule has 0 unspecified atom stereocenters. The quantitative estimate of drug-likeness (QED) is 0.249. The van der Waals surface area contributed by atoms with Gasteiger partial charge in [0.05, 0.1) is 7.11 Å². The summed E-state index contributed by atoms with van der Waals surface area (Å²) >= 11 is 0. The average molecular weight is 484 g/mol. The van der Waals surface area contributed by atoms with Gasteiger partial charge in [-0.05, 0) is 43.7 Å². The molecule has 0 saturated heterocycles. The Bertz CT molecular complexity index is 1610. The van der Waals surface area contributed by atoms with Crippen molar-refractivity contribution in [1.82, 2.24) is 4.90 Å². The van der Waals surface area contributed by atoms with Crippen LogP contribution >= 0.6 is 0 Å². The molecule has 36 heavy (non-hydrogen) atoms. The zero-order valence-corrected chi connectivity index (χ0v) is 20.2. The van der Waals surface area contributed by atoms with Crippen molar-refractivity contribution >= 4 is 28.0 Å². The summed E-state index contributed by atoms with van der Waals surface area (Å²) in [5, 5.41) is 1.41. The number of carbonyl (C=O) groups excluding carboxylic acids is 1. The van der Waals surface area contributed by atoms with Gasteiger partial charge in [0.2, 0.25) is 0 Å². The Morgan fingerprint density at radius 2 is 1.64 bits per heavy atom. The summed E-state index contributed by atoms with van der Waals surface area (Å²) in [7, 11) is 1.57. The van der Waals surface area contributed by atoms with E-state index in [1.807, 2.05) is 68.4 Å². The minimum Gasteiger partial charge on any atom is -0.493 e. The fourth-order valence-corrected chi connectivity index (χ4v) is 4.29. The molecule has 0 saturated carbocycles. The van der Waals surface area contributed by atoms with Crippen molar-refractivity contribution in [3.63, 3.8) is 0 Å². The summed E-state index contributed by atoms with van der Waals surface area (Å²) < 4.78 is 23.0. The van der Waals surface area contributed by atoms with Crippen molar-refractivity contribution < 1.29 is 23.1 Å². The van der Waals surface area contributed by atoms with Crippen molar-refractivity contribution in [3.8, 4) is 33.9 Å². The molecule has 0 aliphatic heterocycles. The maximum atomic E-state index is 12.9. The van der Waals surface area contributed by atoms with E-state index in [4.69, 9.17) is 18.3 Å². The molecule has 0 spiro atoms. The summed E-state index contributed by atoms with van der Waals surface area (Å²) in [6, 6.07) is 21.8. The third-order valence-electron chi connectivity index (χ3n) is 6.14. The number of fused-ring (bicyclic) bond motifs is 2. The van der Waals surface area contributed by atoms with Gasteiger partial charge in [0.1, 0.15) is 17.1 Å². The lowest BCUT2D eigenvalue weighted by molar-refractivity contribution is 0.157. The number of ether oxygens (including phenoxy) is 2. The molecule has 0 bridgehead atoms. The van der Waals surface area contributed by atoms with Crippen LogP contribution in [-0.4, -0.2) is 31.2 Å². The number of carbonyl (C=O) groups is 1. The third-order valence-corrected chi connectivity index (χ3v) is 6.14. The molecule has 0 aliphatic carbocycles. The first kappa shape index (κ1) is 23.2. The molecule has 1 amide bonds. The fraction of sp³-hybridized carbons (Fsp3) is 0.172. The van der Waals surface area contributed by atoms with Crippen molar-refractivity contribution in [2.24, 2.45) is 0 Å². The van der Waals surface area contributed by atoms with E-state index in [9.17, 15) is 9.59 Å². The molecule has 0 aliphatic rings. The van der Waals surface area contributed by atoms with E-state index in [-0.39, 0.29) is 0 Å². The van der Waals surface area contributed by atoms with Crippen LogP contribution in [0.2, 0.25) is 0 Å². The van der Waals surface area contributed by atoms with Crippen molar-refractivity contribution in [1.29, 1.82) is 0 Å². The van der Waals surface area contributed by atoms with Crippen LogP contribution < -0.4 is 15.1 Å². The number of para-hydroxylation sites is 1. The highest BCUT2D eigenvalue weighted by molar-refractivity contribution is 5.99. The average Bonchev–Trinajstić information content (AvgIpc) is 3.34. The van der Waals surface area contributed by atoms with E-state index in [1.165, 1.54) is 6.07 Å². The number of furan rings is 1. The van der Waals surface area contributed by atoms with Crippen molar-refractivity contribution in [2.45, 2.75) is 13.8 Å². The Morgan fingerprint density at radius 1 is 0.861 bits per heavy atom. The molecule has 7 heteroatoms. The van der Waals surface area contributed by atoms with E-state index < -0.39 is 11.7 Å². The second-order valence-electron chi connectivity index (χ2n) is 8.22. The highest BCUT2D eigenvalue weighted by Crippen LogP contribution is 2.40. The molecule has 5 aromatic rings. The lowest BCUT2D eigenvalue weighted by Gasteiger charge is -2.19. The first-order valence-corrected chi connectivity index (χ1v) is 11.7. The molecule has 0 N–H and O–H groups in total. The van der Waals surface area contributed by atoms with Gasteiger partial charge in [0.15, 0.2) is 11.3 Å². The first-order chi connectivity index (χ1) is 17.5. The molecule has 0 fully saturated rings. The van der Waals surface area contributed by atoms with Gasteiger partial charge in [-0.15, -0.1) is 0 Å². The SMILES string of the molecule is CCN(CC)C(=O)Oc1cc2c(-c3cc4cccc(OC)c4o3)cc(=O)oc2cc1-c1ccccc1. The lowest BCUT2D eigenvalue weighted by atomic mass is 10.00. The van der Waals surface area contributed by atoms with Crippen LogP contribution in [0.1, 0.15) is 13.8 Å². The molecule has 2 heterocycles. The second kappa shape index (κ2) is 9.62. The van der Waals surface area contributed by atoms with Crippen LogP contribution in [-0.2, 0) is 0 Å².